The van der Waals surface area contributed by atoms with Crippen molar-refractivity contribution in [1.29, 1.82) is 0 Å². The number of nitrogens with zero attached hydrogens (tertiary/aromatic N) is 3. The van der Waals surface area contributed by atoms with Crippen molar-refractivity contribution in [1.82, 2.24) is 9.97 Å². The maximum atomic E-state index is 10.8. The molecule has 2 heterocycles. The van der Waals surface area contributed by atoms with Crippen molar-refractivity contribution in [3.05, 3.63) is 18.0 Å². The first-order valence-electron chi connectivity index (χ1n) is 5.94. The van der Waals surface area contributed by atoms with Crippen molar-refractivity contribution in [3.63, 3.8) is 0 Å². The average Bonchev–Trinajstić information content (AvgIpc) is 2.30. The fourth-order valence-corrected chi connectivity index (χ4v) is 2.21. The van der Waals surface area contributed by atoms with Crippen LogP contribution in [0.3, 0.4) is 0 Å². The lowest BCUT2D eigenvalue weighted by molar-refractivity contribution is -0.137. The fourth-order valence-electron chi connectivity index (χ4n) is 2.21. The van der Waals surface area contributed by atoms with Crippen LogP contribution in [0, 0.1) is 6.92 Å². The number of hydrogen-bond donors (Lipinski definition) is 1. The summed E-state index contributed by atoms with van der Waals surface area (Å²) in [5, 5.41) is 8.91. The number of carbonyl (C=O) groups is 1. The summed E-state index contributed by atoms with van der Waals surface area (Å²) in [5.41, 5.74) is 1.01. The molecule has 1 aromatic rings. The molecule has 0 aromatic carbocycles. The first kappa shape index (κ1) is 11.8. The van der Waals surface area contributed by atoms with Crippen LogP contribution < -0.4 is 4.90 Å². The third-order valence-corrected chi connectivity index (χ3v) is 3.06. The zero-order chi connectivity index (χ0) is 12.3. The molecule has 5 heteroatoms. The average molecular weight is 235 g/mol. The summed E-state index contributed by atoms with van der Waals surface area (Å²) in [6.07, 6.45) is 6.78. The minimum Gasteiger partial charge on any atom is -0.481 e. The van der Waals surface area contributed by atoms with Gasteiger partial charge in [0.05, 0.1) is 6.42 Å². The highest BCUT2D eigenvalue weighted by Gasteiger charge is 2.26. The molecule has 0 radical (unpaired) electrons. The second-order valence-corrected chi connectivity index (χ2v) is 4.50. The van der Waals surface area contributed by atoms with Gasteiger partial charge < -0.3 is 10.0 Å². The highest BCUT2D eigenvalue weighted by Crippen LogP contribution is 2.23. The van der Waals surface area contributed by atoms with Gasteiger partial charge in [-0.1, -0.05) is 0 Å². The van der Waals surface area contributed by atoms with Crippen molar-refractivity contribution in [2.45, 2.75) is 38.6 Å². The number of aromatic nitrogens is 2. The number of rotatable bonds is 3. The molecule has 1 aliphatic rings. The monoisotopic (exact) mass is 235 g/mol. The third kappa shape index (κ3) is 2.93. The van der Waals surface area contributed by atoms with E-state index in [1.807, 2.05) is 11.8 Å². The lowest BCUT2D eigenvalue weighted by atomic mass is 10.00. The number of carboxylic acids is 1. The van der Waals surface area contributed by atoms with Gasteiger partial charge in [0, 0.05) is 25.0 Å². The maximum Gasteiger partial charge on any atom is 0.305 e. The van der Waals surface area contributed by atoms with Crippen LogP contribution in [0.5, 0.6) is 0 Å². The van der Waals surface area contributed by atoms with Crippen molar-refractivity contribution < 1.29 is 9.90 Å². The molecule has 1 unspecified atom stereocenters. The van der Waals surface area contributed by atoms with Crippen molar-refractivity contribution >= 4 is 11.9 Å². The number of aryl methyl sites for hydroxylation is 1. The summed E-state index contributed by atoms with van der Waals surface area (Å²) < 4.78 is 0. The maximum absolute atomic E-state index is 10.8. The zero-order valence-electron chi connectivity index (χ0n) is 9.96. The fraction of sp³-hybridized carbons (Fsp3) is 0.583. The number of hydrogen-bond acceptors (Lipinski definition) is 4. The Labute approximate surface area is 100 Å². The van der Waals surface area contributed by atoms with E-state index in [4.69, 9.17) is 5.11 Å². The van der Waals surface area contributed by atoms with Crippen LogP contribution >= 0.6 is 0 Å². The molecule has 1 aliphatic heterocycles. The first-order chi connectivity index (χ1) is 8.16. The Kier molecular flexibility index (Phi) is 3.56. The number of carboxylic acid groups (broad SMARTS) is 1. The molecule has 0 bridgehead atoms. The van der Waals surface area contributed by atoms with Crippen molar-refractivity contribution in [3.8, 4) is 0 Å². The van der Waals surface area contributed by atoms with Crippen molar-refractivity contribution in [2.75, 3.05) is 11.4 Å². The Morgan fingerprint density at radius 2 is 2.18 bits per heavy atom. The summed E-state index contributed by atoms with van der Waals surface area (Å²) in [4.78, 5) is 21.4. The van der Waals surface area contributed by atoms with E-state index >= 15 is 0 Å². The van der Waals surface area contributed by atoms with Gasteiger partial charge in [-0.3, -0.25) is 4.79 Å². The third-order valence-electron chi connectivity index (χ3n) is 3.06. The second-order valence-electron chi connectivity index (χ2n) is 4.50. The molecule has 92 valence electrons. The van der Waals surface area contributed by atoms with Crippen LogP contribution in [0.15, 0.2) is 12.4 Å². The Balaban J connectivity index is 2.15. The highest BCUT2D eigenvalue weighted by molar-refractivity contribution is 5.68. The van der Waals surface area contributed by atoms with Crippen LogP contribution in [0.2, 0.25) is 0 Å². The normalized spacial score (nSPS) is 20.3. The lowest BCUT2D eigenvalue weighted by Gasteiger charge is -2.34. The summed E-state index contributed by atoms with van der Waals surface area (Å²) >= 11 is 0. The van der Waals surface area contributed by atoms with Crippen molar-refractivity contribution in [2.24, 2.45) is 0 Å². The Bertz CT molecular complexity index is 391. The van der Waals surface area contributed by atoms with Crippen LogP contribution in [-0.4, -0.2) is 33.6 Å². The van der Waals surface area contributed by atoms with E-state index in [-0.39, 0.29) is 12.5 Å². The predicted octanol–water partition coefficient (Wildman–Crippen LogP) is 1.62. The van der Waals surface area contributed by atoms with E-state index in [2.05, 4.69) is 9.97 Å². The molecule has 1 N–H and O–H groups in total. The molecule has 1 fully saturated rings. The van der Waals surface area contributed by atoms with Crippen LogP contribution in [0.1, 0.15) is 31.2 Å². The minimum atomic E-state index is -0.756. The van der Waals surface area contributed by atoms with E-state index in [1.165, 1.54) is 0 Å². The lowest BCUT2D eigenvalue weighted by Crippen LogP contribution is -2.41. The molecule has 0 spiro atoms. The summed E-state index contributed by atoms with van der Waals surface area (Å²) in [7, 11) is 0. The molecule has 0 saturated carbocycles. The quantitative estimate of drug-likeness (QED) is 0.862. The van der Waals surface area contributed by atoms with E-state index in [1.54, 1.807) is 12.4 Å². The van der Waals surface area contributed by atoms with Gasteiger partial charge in [-0.25, -0.2) is 9.97 Å². The molecule has 1 atom stereocenters. The van der Waals surface area contributed by atoms with Gasteiger partial charge in [0.2, 0.25) is 5.95 Å². The van der Waals surface area contributed by atoms with E-state index in [0.29, 0.717) is 5.95 Å². The van der Waals surface area contributed by atoms with Gasteiger partial charge in [0.25, 0.3) is 0 Å². The molecule has 17 heavy (non-hydrogen) atoms. The molecular weight excluding hydrogens is 218 g/mol. The number of anilines is 1. The largest absolute Gasteiger partial charge is 0.481 e. The second kappa shape index (κ2) is 5.12. The smallest absolute Gasteiger partial charge is 0.305 e. The molecular formula is C12H17N3O2. The SMILES string of the molecule is Cc1cnc(N2CCCCC2CC(=O)O)nc1. The van der Waals surface area contributed by atoms with Gasteiger partial charge >= 0.3 is 5.97 Å². The first-order valence-corrected chi connectivity index (χ1v) is 5.94. The predicted molar refractivity (Wildman–Crippen MR) is 64.0 cm³/mol. The summed E-state index contributed by atoms with van der Waals surface area (Å²) in [6, 6.07) is 0.0314. The van der Waals surface area contributed by atoms with E-state index in [9.17, 15) is 4.79 Å². The Morgan fingerprint density at radius 1 is 1.47 bits per heavy atom. The molecule has 1 aromatic heterocycles. The minimum absolute atomic E-state index is 0.0314. The molecule has 1 saturated heterocycles. The van der Waals surface area contributed by atoms with Crippen LogP contribution in [-0.2, 0) is 4.79 Å². The molecule has 2 rings (SSSR count). The highest BCUT2D eigenvalue weighted by atomic mass is 16.4. The summed E-state index contributed by atoms with van der Waals surface area (Å²) in [5.74, 6) is -0.101. The van der Waals surface area contributed by atoms with Gasteiger partial charge in [0.1, 0.15) is 0 Å². The Morgan fingerprint density at radius 3 is 2.82 bits per heavy atom. The van der Waals surface area contributed by atoms with Gasteiger partial charge in [-0.05, 0) is 31.7 Å². The Hall–Kier alpha value is -1.65. The van der Waals surface area contributed by atoms with Gasteiger partial charge in [-0.15, -0.1) is 0 Å². The molecule has 0 aliphatic carbocycles. The van der Waals surface area contributed by atoms with Crippen LogP contribution in [0.25, 0.3) is 0 Å². The zero-order valence-corrected chi connectivity index (χ0v) is 9.96. The molecule has 5 nitrogen and oxygen atoms in total. The van der Waals surface area contributed by atoms with E-state index < -0.39 is 5.97 Å². The summed E-state index contributed by atoms with van der Waals surface area (Å²) in [6.45, 7) is 2.79. The number of aliphatic carboxylic acids is 1. The van der Waals surface area contributed by atoms with Gasteiger partial charge in [-0.2, -0.15) is 0 Å². The van der Waals surface area contributed by atoms with Gasteiger partial charge in [0.15, 0.2) is 0 Å². The number of piperidine rings is 1. The standard InChI is InChI=1S/C12H17N3O2/c1-9-7-13-12(14-8-9)15-5-3-2-4-10(15)6-11(16)17/h7-8,10H,2-6H2,1H3,(H,16,17). The van der Waals surface area contributed by atoms with E-state index in [0.717, 1.165) is 31.4 Å². The molecule has 0 amide bonds. The topological polar surface area (TPSA) is 66.3 Å². The van der Waals surface area contributed by atoms with Crippen LogP contribution in [0.4, 0.5) is 5.95 Å².